The molecular weight excluding hydrogens is 516 g/mol. The quantitative estimate of drug-likeness (QED) is 0.326. The standard InChI is InChI=1S/C32H52N6O3/c1-23(39)38-18-27(19-38)36-30-28(25-12-7-5-3-4-6-8-13-25)29(34-22-35-30)31(40)33-20-32(2,41)21-37-16-15-24-11-9-10-14-26(24)17-37/h9-11,14,25,27-30,34-36,41H,3-8,12-13,15-22H2,1-2H3,(H,33,40). The van der Waals surface area contributed by atoms with Gasteiger partial charge < -0.3 is 15.3 Å². The Hall–Kier alpha value is -2.04. The summed E-state index contributed by atoms with van der Waals surface area (Å²) in [6.07, 6.45) is 10.8. The average molecular weight is 569 g/mol. The van der Waals surface area contributed by atoms with Crippen LogP contribution in [0.4, 0.5) is 0 Å². The van der Waals surface area contributed by atoms with Crippen LogP contribution >= 0.6 is 0 Å². The molecule has 0 bridgehead atoms. The van der Waals surface area contributed by atoms with Crippen molar-refractivity contribution in [2.75, 3.05) is 39.4 Å². The molecule has 9 heteroatoms. The van der Waals surface area contributed by atoms with Gasteiger partial charge in [-0.3, -0.25) is 30.4 Å². The van der Waals surface area contributed by atoms with E-state index in [9.17, 15) is 14.7 Å². The van der Waals surface area contributed by atoms with E-state index in [-0.39, 0.29) is 42.5 Å². The molecule has 2 saturated heterocycles. The summed E-state index contributed by atoms with van der Waals surface area (Å²) >= 11 is 0. The van der Waals surface area contributed by atoms with E-state index < -0.39 is 5.60 Å². The fourth-order valence-corrected chi connectivity index (χ4v) is 7.48. The Morgan fingerprint density at radius 3 is 2.41 bits per heavy atom. The molecule has 5 rings (SSSR count). The first-order valence-electron chi connectivity index (χ1n) is 16.1. The van der Waals surface area contributed by atoms with Crippen LogP contribution < -0.4 is 21.3 Å². The number of carbonyl (C=O) groups excluding carboxylic acids is 2. The van der Waals surface area contributed by atoms with Crippen molar-refractivity contribution in [2.45, 2.75) is 102 Å². The van der Waals surface area contributed by atoms with E-state index in [2.05, 4.69) is 50.4 Å². The van der Waals surface area contributed by atoms with E-state index >= 15 is 0 Å². The largest absolute Gasteiger partial charge is 0.387 e. The first-order valence-corrected chi connectivity index (χ1v) is 16.1. The topological polar surface area (TPSA) is 109 Å². The summed E-state index contributed by atoms with van der Waals surface area (Å²) in [4.78, 5) is 29.7. The minimum absolute atomic E-state index is 0.00536. The predicted octanol–water partition coefficient (Wildman–Crippen LogP) is 1.94. The molecule has 0 aromatic heterocycles. The Balaban J connectivity index is 1.22. The molecule has 0 spiro atoms. The minimum Gasteiger partial charge on any atom is -0.387 e. The molecule has 4 atom stereocenters. The van der Waals surface area contributed by atoms with Crippen LogP contribution in [0.3, 0.4) is 0 Å². The highest BCUT2D eigenvalue weighted by molar-refractivity contribution is 5.82. The number of nitrogens with zero attached hydrogens (tertiary/aromatic N) is 2. The molecule has 4 unspecified atom stereocenters. The van der Waals surface area contributed by atoms with Gasteiger partial charge in [-0.15, -0.1) is 0 Å². The monoisotopic (exact) mass is 568 g/mol. The highest BCUT2D eigenvalue weighted by Crippen LogP contribution is 2.33. The van der Waals surface area contributed by atoms with Gasteiger partial charge in [-0.25, -0.2) is 0 Å². The molecule has 3 fully saturated rings. The normalized spacial score (nSPS) is 28.4. The Morgan fingerprint density at radius 1 is 1.02 bits per heavy atom. The number of hydrogen-bond acceptors (Lipinski definition) is 7. The van der Waals surface area contributed by atoms with E-state index in [0.717, 1.165) is 45.4 Å². The number of aliphatic hydroxyl groups is 1. The smallest absolute Gasteiger partial charge is 0.237 e. The van der Waals surface area contributed by atoms with Crippen molar-refractivity contribution >= 4 is 11.8 Å². The van der Waals surface area contributed by atoms with E-state index in [1.54, 1.807) is 6.92 Å². The number of carbonyl (C=O) groups is 2. The van der Waals surface area contributed by atoms with Crippen LogP contribution in [0.25, 0.3) is 0 Å². The van der Waals surface area contributed by atoms with E-state index in [1.807, 2.05) is 11.8 Å². The number of likely N-dealkylation sites (tertiary alicyclic amines) is 1. The molecule has 5 N–H and O–H groups in total. The fourth-order valence-electron chi connectivity index (χ4n) is 7.48. The van der Waals surface area contributed by atoms with Gasteiger partial charge >= 0.3 is 0 Å². The van der Waals surface area contributed by atoms with Gasteiger partial charge in [0.25, 0.3) is 0 Å². The average Bonchev–Trinajstić information content (AvgIpc) is 3.07. The summed E-state index contributed by atoms with van der Waals surface area (Å²) in [5.74, 6) is 0.620. The van der Waals surface area contributed by atoms with Crippen LogP contribution in [0.5, 0.6) is 0 Å². The van der Waals surface area contributed by atoms with Crippen molar-refractivity contribution in [3.05, 3.63) is 35.4 Å². The van der Waals surface area contributed by atoms with Crippen LogP contribution in [0.15, 0.2) is 24.3 Å². The second-order valence-electron chi connectivity index (χ2n) is 13.3. The SMILES string of the molecule is CC(=O)N1CC(NC2NCNC(C(=O)NCC(C)(O)CN3CCc4ccccc4C3)C2C2CCCCCCCC2)C1. The summed E-state index contributed by atoms with van der Waals surface area (Å²) in [6, 6.07) is 8.44. The van der Waals surface area contributed by atoms with Crippen LogP contribution in [-0.4, -0.2) is 90.0 Å². The lowest BCUT2D eigenvalue weighted by Gasteiger charge is -2.48. The predicted molar refractivity (Wildman–Crippen MR) is 161 cm³/mol. The fraction of sp³-hybridized carbons (Fsp3) is 0.750. The van der Waals surface area contributed by atoms with Crippen molar-refractivity contribution < 1.29 is 14.7 Å². The van der Waals surface area contributed by atoms with Crippen molar-refractivity contribution in [1.82, 2.24) is 31.1 Å². The van der Waals surface area contributed by atoms with Gasteiger partial charge in [-0.1, -0.05) is 75.6 Å². The highest BCUT2D eigenvalue weighted by Gasteiger charge is 2.44. The Morgan fingerprint density at radius 2 is 1.71 bits per heavy atom. The third kappa shape index (κ3) is 8.08. The van der Waals surface area contributed by atoms with Gasteiger partial charge in [0.05, 0.1) is 17.8 Å². The van der Waals surface area contributed by atoms with Crippen LogP contribution in [0.2, 0.25) is 0 Å². The number of nitrogens with one attached hydrogen (secondary N) is 4. The molecule has 0 radical (unpaired) electrons. The van der Waals surface area contributed by atoms with Gasteiger partial charge in [0.15, 0.2) is 0 Å². The molecule has 228 valence electrons. The highest BCUT2D eigenvalue weighted by atomic mass is 16.3. The van der Waals surface area contributed by atoms with Crippen molar-refractivity contribution in [1.29, 1.82) is 0 Å². The molecular formula is C32H52N6O3. The van der Waals surface area contributed by atoms with Crippen molar-refractivity contribution in [3.63, 3.8) is 0 Å². The second kappa shape index (κ2) is 14.0. The van der Waals surface area contributed by atoms with Gasteiger partial charge in [0.2, 0.25) is 11.8 Å². The summed E-state index contributed by atoms with van der Waals surface area (Å²) in [5.41, 5.74) is 1.69. The number of benzene rings is 1. The number of β-amino-alcohol motifs (C(OH)–C–C–N with tert-alkyl or cyclic N) is 1. The molecule has 1 saturated carbocycles. The minimum atomic E-state index is -1.03. The number of hydrogen-bond donors (Lipinski definition) is 5. The van der Waals surface area contributed by atoms with Gasteiger partial charge in [0, 0.05) is 64.8 Å². The maximum atomic E-state index is 13.8. The van der Waals surface area contributed by atoms with Crippen LogP contribution in [0.1, 0.15) is 76.3 Å². The zero-order valence-corrected chi connectivity index (χ0v) is 25.2. The molecule has 2 amide bonds. The molecule has 4 aliphatic rings. The van der Waals surface area contributed by atoms with Gasteiger partial charge in [-0.05, 0) is 30.4 Å². The Kier molecular flexibility index (Phi) is 10.4. The van der Waals surface area contributed by atoms with E-state index in [1.165, 1.54) is 49.7 Å². The Bertz CT molecular complexity index is 1020. The van der Waals surface area contributed by atoms with E-state index in [0.29, 0.717) is 19.1 Å². The van der Waals surface area contributed by atoms with Gasteiger partial charge in [0.1, 0.15) is 0 Å². The zero-order chi connectivity index (χ0) is 28.8. The first-order chi connectivity index (χ1) is 19.8. The summed E-state index contributed by atoms with van der Waals surface area (Å²) in [7, 11) is 0. The third-order valence-electron chi connectivity index (χ3n) is 9.80. The molecule has 41 heavy (non-hydrogen) atoms. The lowest BCUT2D eigenvalue weighted by atomic mass is 9.76. The summed E-state index contributed by atoms with van der Waals surface area (Å²) < 4.78 is 0. The molecule has 1 aliphatic carbocycles. The molecule has 3 aliphatic heterocycles. The first kappa shape index (κ1) is 30.4. The maximum absolute atomic E-state index is 13.8. The lowest BCUT2D eigenvalue weighted by Crippen LogP contribution is -2.72. The van der Waals surface area contributed by atoms with Crippen LogP contribution in [-0.2, 0) is 22.6 Å². The number of fused-ring (bicyclic) bond motifs is 1. The summed E-state index contributed by atoms with van der Waals surface area (Å²) in [6.45, 7) is 7.93. The molecule has 9 nitrogen and oxygen atoms in total. The lowest BCUT2D eigenvalue weighted by molar-refractivity contribution is -0.134. The summed E-state index contributed by atoms with van der Waals surface area (Å²) in [5, 5.41) is 25.4. The molecule has 1 aromatic carbocycles. The third-order valence-corrected chi connectivity index (χ3v) is 9.80. The van der Waals surface area contributed by atoms with E-state index in [4.69, 9.17) is 0 Å². The van der Waals surface area contributed by atoms with Crippen molar-refractivity contribution in [2.24, 2.45) is 11.8 Å². The molecule has 3 heterocycles. The number of rotatable bonds is 8. The van der Waals surface area contributed by atoms with Crippen molar-refractivity contribution in [3.8, 4) is 0 Å². The molecule has 1 aromatic rings. The zero-order valence-electron chi connectivity index (χ0n) is 25.2. The Labute approximate surface area is 246 Å². The second-order valence-corrected chi connectivity index (χ2v) is 13.3. The number of amides is 2. The van der Waals surface area contributed by atoms with Gasteiger partial charge in [-0.2, -0.15) is 0 Å². The van der Waals surface area contributed by atoms with Crippen LogP contribution in [0, 0.1) is 11.8 Å². The maximum Gasteiger partial charge on any atom is 0.237 e.